The van der Waals surface area contributed by atoms with Crippen LogP contribution < -0.4 is 9.47 Å². The molecule has 0 spiro atoms. The molecule has 4 heteroatoms. The maximum absolute atomic E-state index is 12.5. The van der Waals surface area contributed by atoms with Crippen molar-refractivity contribution < 1.29 is 14.3 Å². The van der Waals surface area contributed by atoms with Crippen LogP contribution in [-0.2, 0) is 17.8 Å². The van der Waals surface area contributed by atoms with Crippen molar-refractivity contribution in [2.75, 3.05) is 20.8 Å². The molecule has 0 atom stereocenters. The van der Waals surface area contributed by atoms with E-state index in [0.29, 0.717) is 18.8 Å². The van der Waals surface area contributed by atoms with Gasteiger partial charge in [-0.3, -0.25) is 4.79 Å². The number of methoxy groups -OCH3 is 2. The summed E-state index contributed by atoms with van der Waals surface area (Å²) in [5, 5.41) is 0. The fourth-order valence-electron chi connectivity index (χ4n) is 3.12. The van der Waals surface area contributed by atoms with E-state index >= 15 is 0 Å². The van der Waals surface area contributed by atoms with Gasteiger partial charge in [0, 0.05) is 19.2 Å². The smallest absolute Gasteiger partial charge is 0.246 e. The lowest BCUT2D eigenvalue weighted by atomic mass is 9.98. The lowest BCUT2D eigenvalue weighted by molar-refractivity contribution is -0.126. The second-order valence-corrected chi connectivity index (χ2v) is 6.23. The van der Waals surface area contributed by atoms with E-state index in [-0.39, 0.29) is 5.91 Å². The summed E-state index contributed by atoms with van der Waals surface area (Å²) < 4.78 is 10.7. The quantitative estimate of drug-likeness (QED) is 0.800. The highest BCUT2D eigenvalue weighted by Gasteiger charge is 2.21. The van der Waals surface area contributed by atoms with E-state index in [1.54, 1.807) is 20.3 Å². The fourth-order valence-corrected chi connectivity index (χ4v) is 3.12. The van der Waals surface area contributed by atoms with Crippen LogP contribution in [0.25, 0.3) is 6.08 Å². The molecule has 130 valence electrons. The van der Waals surface area contributed by atoms with Crippen LogP contribution in [0.4, 0.5) is 0 Å². The Morgan fingerprint density at radius 2 is 1.80 bits per heavy atom. The number of nitrogens with zero attached hydrogens (tertiary/aromatic N) is 1. The molecule has 1 aliphatic heterocycles. The van der Waals surface area contributed by atoms with Crippen LogP contribution in [0, 0.1) is 6.92 Å². The molecule has 0 aliphatic carbocycles. The third-order valence-electron chi connectivity index (χ3n) is 4.49. The zero-order valence-corrected chi connectivity index (χ0v) is 14.9. The standard InChI is InChI=1S/C21H23NO3/c1-15-5-4-6-16(11-15)7-8-21(23)22-10-9-17-12-19(24-2)20(25-3)13-18(17)14-22/h4-8,11-13H,9-10,14H2,1-3H3/b8-7+. The van der Waals surface area contributed by atoms with Crippen LogP contribution in [0.5, 0.6) is 11.5 Å². The van der Waals surface area contributed by atoms with Crippen molar-refractivity contribution in [2.45, 2.75) is 19.9 Å². The second-order valence-electron chi connectivity index (χ2n) is 6.23. The Balaban J connectivity index is 1.74. The fraction of sp³-hybridized carbons (Fsp3) is 0.286. The molecule has 2 aromatic carbocycles. The van der Waals surface area contributed by atoms with Gasteiger partial charge in [0.1, 0.15) is 0 Å². The molecule has 2 aromatic rings. The minimum absolute atomic E-state index is 0.0296. The first-order valence-corrected chi connectivity index (χ1v) is 8.38. The van der Waals surface area contributed by atoms with Gasteiger partial charge < -0.3 is 14.4 Å². The summed E-state index contributed by atoms with van der Waals surface area (Å²) in [7, 11) is 3.26. The minimum Gasteiger partial charge on any atom is -0.493 e. The van der Waals surface area contributed by atoms with Crippen molar-refractivity contribution in [3.05, 3.63) is 64.7 Å². The molecule has 1 heterocycles. The Labute approximate surface area is 148 Å². The predicted octanol–water partition coefficient (Wildman–Crippen LogP) is 3.61. The van der Waals surface area contributed by atoms with Gasteiger partial charge in [0.25, 0.3) is 0 Å². The predicted molar refractivity (Wildman–Crippen MR) is 98.9 cm³/mol. The molecule has 1 aliphatic rings. The van der Waals surface area contributed by atoms with Gasteiger partial charge in [0.2, 0.25) is 5.91 Å². The Morgan fingerprint density at radius 3 is 2.48 bits per heavy atom. The minimum atomic E-state index is 0.0296. The number of hydrogen-bond acceptors (Lipinski definition) is 3. The molecule has 0 saturated carbocycles. The zero-order valence-electron chi connectivity index (χ0n) is 14.9. The molecular weight excluding hydrogens is 314 g/mol. The highest BCUT2D eigenvalue weighted by molar-refractivity contribution is 5.92. The third-order valence-corrected chi connectivity index (χ3v) is 4.49. The average Bonchev–Trinajstić information content (AvgIpc) is 2.64. The first kappa shape index (κ1) is 17.1. The van der Waals surface area contributed by atoms with Crippen molar-refractivity contribution in [2.24, 2.45) is 0 Å². The van der Waals surface area contributed by atoms with Gasteiger partial charge in [0.15, 0.2) is 11.5 Å². The van der Waals surface area contributed by atoms with E-state index in [1.807, 2.05) is 48.2 Å². The van der Waals surface area contributed by atoms with Crippen molar-refractivity contribution in [1.82, 2.24) is 4.90 Å². The number of amides is 1. The number of rotatable bonds is 4. The monoisotopic (exact) mass is 337 g/mol. The van der Waals surface area contributed by atoms with Crippen LogP contribution in [0.15, 0.2) is 42.5 Å². The number of fused-ring (bicyclic) bond motifs is 1. The molecule has 0 fully saturated rings. The normalized spacial score (nSPS) is 13.6. The third kappa shape index (κ3) is 3.85. The van der Waals surface area contributed by atoms with E-state index in [2.05, 4.69) is 6.07 Å². The lowest BCUT2D eigenvalue weighted by Gasteiger charge is -2.28. The molecule has 1 amide bonds. The highest BCUT2D eigenvalue weighted by Crippen LogP contribution is 2.33. The Kier molecular flexibility index (Phi) is 5.08. The summed E-state index contributed by atoms with van der Waals surface area (Å²) in [5.74, 6) is 1.47. The van der Waals surface area contributed by atoms with Crippen LogP contribution in [0.2, 0.25) is 0 Å². The molecule has 0 aromatic heterocycles. The van der Waals surface area contributed by atoms with Crippen LogP contribution in [0.3, 0.4) is 0 Å². The highest BCUT2D eigenvalue weighted by atomic mass is 16.5. The van der Waals surface area contributed by atoms with E-state index < -0.39 is 0 Å². The Bertz CT molecular complexity index is 811. The first-order chi connectivity index (χ1) is 12.1. The van der Waals surface area contributed by atoms with Crippen molar-refractivity contribution in [3.63, 3.8) is 0 Å². The molecule has 0 radical (unpaired) electrons. The summed E-state index contributed by atoms with van der Waals surface area (Å²) in [5.41, 5.74) is 4.55. The van der Waals surface area contributed by atoms with E-state index in [1.165, 1.54) is 11.1 Å². The summed E-state index contributed by atoms with van der Waals surface area (Å²) in [4.78, 5) is 14.4. The molecule has 25 heavy (non-hydrogen) atoms. The molecule has 4 nitrogen and oxygen atoms in total. The number of ether oxygens (including phenoxy) is 2. The van der Waals surface area contributed by atoms with Gasteiger partial charge in [-0.25, -0.2) is 0 Å². The average molecular weight is 337 g/mol. The van der Waals surface area contributed by atoms with Gasteiger partial charge >= 0.3 is 0 Å². The van der Waals surface area contributed by atoms with Crippen molar-refractivity contribution >= 4 is 12.0 Å². The van der Waals surface area contributed by atoms with Gasteiger partial charge in [0.05, 0.1) is 14.2 Å². The number of carbonyl (C=O) groups is 1. The molecule has 0 saturated heterocycles. The lowest BCUT2D eigenvalue weighted by Crippen LogP contribution is -2.34. The molecule has 3 rings (SSSR count). The van der Waals surface area contributed by atoms with Crippen LogP contribution in [0.1, 0.15) is 22.3 Å². The maximum atomic E-state index is 12.5. The van der Waals surface area contributed by atoms with E-state index in [4.69, 9.17) is 9.47 Å². The zero-order chi connectivity index (χ0) is 17.8. The summed E-state index contributed by atoms with van der Waals surface area (Å²) in [6.07, 6.45) is 4.35. The van der Waals surface area contributed by atoms with E-state index in [0.717, 1.165) is 23.3 Å². The number of carbonyl (C=O) groups excluding carboxylic acids is 1. The van der Waals surface area contributed by atoms with Crippen molar-refractivity contribution in [3.8, 4) is 11.5 Å². The number of aryl methyl sites for hydroxylation is 1. The van der Waals surface area contributed by atoms with Gasteiger partial charge in [-0.2, -0.15) is 0 Å². The summed E-state index contributed by atoms with van der Waals surface area (Å²) in [6, 6.07) is 12.1. The molecule has 0 unspecified atom stereocenters. The molecular formula is C21H23NO3. The molecule has 0 N–H and O–H groups in total. The van der Waals surface area contributed by atoms with Gasteiger partial charge in [-0.05, 0) is 48.2 Å². The summed E-state index contributed by atoms with van der Waals surface area (Å²) >= 11 is 0. The molecule has 0 bridgehead atoms. The van der Waals surface area contributed by atoms with Crippen LogP contribution in [-0.4, -0.2) is 31.6 Å². The SMILES string of the molecule is COc1cc2c(cc1OC)CN(C(=O)/C=C/c1cccc(C)c1)CC2. The van der Waals surface area contributed by atoms with Crippen LogP contribution >= 0.6 is 0 Å². The van der Waals surface area contributed by atoms with E-state index in [9.17, 15) is 4.79 Å². The van der Waals surface area contributed by atoms with Crippen molar-refractivity contribution in [1.29, 1.82) is 0 Å². The topological polar surface area (TPSA) is 38.8 Å². The second kappa shape index (κ2) is 7.43. The largest absolute Gasteiger partial charge is 0.493 e. The number of hydrogen-bond donors (Lipinski definition) is 0. The Hall–Kier alpha value is -2.75. The summed E-state index contributed by atoms with van der Waals surface area (Å²) in [6.45, 7) is 3.34. The number of benzene rings is 2. The maximum Gasteiger partial charge on any atom is 0.246 e. The van der Waals surface area contributed by atoms with Gasteiger partial charge in [-0.1, -0.05) is 29.8 Å². The first-order valence-electron chi connectivity index (χ1n) is 8.38. The Morgan fingerprint density at radius 1 is 1.08 bits per heavy atom. The van der Waals surface area contributed by atoms with Gasteiger partial charge in [-0.15, -0.1) is 0 Å².